The van der Waals surface area contributed by atoms with Crippen molar-refractivity contribution in [3.63, 3.8) is 0 Å². The number of rotatable bonds is 6. The van der Waals surface area contributed by atoms with Gasteiger partial charge in [-0.1, -0.05) is 6.07 Å². The molecular weight excluding hydrogens is 364 g/mol. The van der Waals surface area contributed by atoms with Crippen LogP contribution in [-0.2, 0) is 16.6 Å². The van der Waals surface area contributed by atoms with E-state index >= 15 is 0 Å². The van der Waals surface area contributed by atoms with Gasteiger partial charge in [0, 0.05) is 18.8 Å². The van der Waals surface area contributed by atoms with Crippen LogP contribution in [0.3, 0.4) is 0 Å². The quantitative estimate of drug-likeness (QED) is 0.816. The van der Waals surface area contributed by atoms with Gasteiger partial charge in [-0.3, -0.25) is 0 Å². The molecule has 7 nitrogen and oxygen atoms in total. The third-order valence-electron chi connectivity index (χ3n) is 4.59. The summed E-state index contributed by atoms with van der Waals surface area (Å²) in [5.41, 5.74) is 2.33. The lowest BCUT2D eigenvalue weighted by atomic mass is 10.1. The molecule has 2 heterocycles. The van der Waals surface area contributed by atoms with Gasteiger partial charge in [-0.05, 0) is 56.9 Å². The second-order valence-electron chi connectivity index (χ2n) is 6.83. The lowest BCUT2D eigenvalue weighted by molar-refractivity contribution is 0.402. The van der Waals surface area contributed by atoms with Gasteiger partial charge in [0.2, 0.25) is 16.0 Å². The van der Waals surface area contributed by atoms with Crippen molar-refractivity contribution in [3.8, 4) is 5.75 Å². The molecule has 0 spiro atoms. The average molecular weight is 391 g/mol. The molecule has 1 saturated heterocycles. The zero-order valence-electron chi connectivity index (χ0n) is 16.0. The molecule has 1 aliphatic rings. The first kappa shape index (κ1) is 19.6. The highest BCUT2D eigenvalue weighted by atomic mass is 32.2. The van der Waals surface area contributed by atoms with Gasteiger partial charge in [-0.2, -0.15) is 0 Å². The number of ether oxygens (including phenoxy) is 1. The maximum atomic E-state index is 12.8. The van der Waals surface area contributed by atoms with Crippen molar-refractivity contribution in [1.29, 1.82) is 0 Å². The fourth-order valence-electron chi connectivity index (χ4n) is 3.18. The minimum atomic E-state index is -3.72. The summed E-state index contributed by atoms with van der Waals surface area (Å²) in [6.45, 7) is 5.72. The SMILES string of the molecule is COc1ccc(C)cc1S(=O)(=O)NCc1cc(C)nc(N2CCCCC2)n1. The molecule has 3 rings (SSSR count). The molecule has 0 saturated carbocycles. The second kappa shape index (κ2) is 8.22. The topological polar surface area (TPSA) is 84.4 Å². The Morgan fingerprint density at radius 3 is 2.56 bits per heavy atom. The number of aryl methyl sites for hydroxylation is 2. The molecule has 1 aromatic carbocycles. The summed E-state index contributed by atoms with van der Waals surface area (Å²) in [7, 11) is -2.26. The van der Waals surface area contributed by atoms with Crippen molar-refractivity contribution >= 4 is 16.0 Å². The summed E-state index contributed by atoms with van der Waals surface area (Å²) >= 11 is 0. The smallest absolute Gasteiger partial charge is 0.244 e. The maximum Gasteiger partial charge on any atom is 0.244 e. The Hall–Kier alpha value is -2.19. The van der Waals surface area contributed by atoms with Crippen LogP contribution in [0, 0.1) is 13.8 Å². The number of sulfonamides is 1. The molecule has 1 aromatic heterocycles. The van der Waals surface area contributed by atoms with Gasteiger partial charge in [0.05, 0.1) is 19.3 Å². The third kappa shape index (κ3) is 4.75. The van der Waals surface area contributed by atoms with E-state index < -0.39 is 10.0 Å². The van der Waals surface area contributed by atoms with E-state index in [2.05, 4.69) is 19.6 Å². The molecule has 8 heteroatoms. The lowest BCUT2D eigenvalue weighted by Gasteiger charge is -2.27. The van der Waals surface area contributed by atoms with Crippen LogP contribution in [0.1, 0.15) is 36.2 Å². The van der Waals surface area contributed by atoms with Crippen molar-refractivity contribution in [1.82, 2.24) is 14.7 Å². The highest BCUT2D eigenvalue weighted by Gasteiger charge is 2.20. The molecular formula is C19H26N4O3S. The Morgan fingerprint density at radius 2 is 1.85 bits per heavy atom. The van der Waals surface area contributed by atoms with E-state index in [9.17, 15) is 8.42 Å². The largest absolute Gasteiger partial charge is 0.495 e. The molecule has 0 atom stereocenters. The van der Waals surface area contributed by atoms with Crippen LogP contribution < -0.4 is 14.4 Å². The lowest BCUT2D eigenvalue weighted by Crippen LogP contribution is -2.32. The second-order valence-corrected chi connectivity index (χ2v) is 8.56. The molecule has 2 aromatic rings. The summed E-state index contributed by atoms with van der Waals surface area (Å²) in [6, 6.07) is 6.89. The molecule has 1 N–H and O–H groups in total. The Bertz CT molecular complexity index is 909. The van der Waals surface area contributed by atoms with Crippen molar-refractivity contribution < 1.29 is 13.2 Å². The van der Waals surface area contributed by atoms with E-state index in [0.29, 0.717) is 17.4 Å². The number of hydrogen-bond acceptors (Lipinski definition) is 6. The van der Waals surface area contributed by atoms with Crippen molar-refractivity contribution in [3.05, 3.63) is 41.2 Å². The number of hydrogen-bond donors (Lipinski definition) is 1. The fraction of sp³-hybridized carbons (Fsp3) is 0.474. The number of methoxy groups -OCH3 is 1. The summed E-state index contributed by atoms with van der Waals surface area (Å²) in [5, 5.41) is 0. The maximum absolute atomic E-state index is 12.8. The summed E-state index contributed by atoms with van der Waals surface area (Å²) in [6.07, 6.45) is 3.49. The molecule has 146 valence electrons. The van der Waals surface area contributed by atoms with Crippen LogP contribution in [-0.4, -0.2) is 38.6 Å². The van der Waals surface area contributed by atoms with Gasteiger partial charge >= 0.3 is 0 Å². The molecule has 1 fully saturated rings. The zero-order valence-corrected chi connectivity index (χ0v) is 16.8. The number of nitrogens with zero attached hydrogens (tertiary/aromatic N) is 3. The number of benzene rings is 1. The minimum absolute atomic E-state index is 0.101. The Morgan fingerprint density at radius 1 is 1.11 bits per heavy atom. The zero-order chi connectivity index (χ0) is 19.4. The first-order valence-corrected chi connectivity index (χ1v) is 10.6. The van der Waals surface area contributed by atoms with Crippen LogP contribution in [0.15, 0.2) is 29.2 Å². The molecule has 1 aliphatic heterocycles. The predicted molar refractivity (Wildman–Crippen MR) is 105 cm³/mol. The standard InChI is InChI=1S/C19H26N4O3S/c1-14-7-8-17(26-3)18(11-14)27(24,25)20-13-16-12-15(2)21-19(22-16)23-9-5-4-6-10-23/h7-8,11-12,20H,4-6,9-10,13H2,1-3H3. The van der Waals surface area contributed by atoms with Crippen LogP contribution >= 0.6 is 0 Å². The molecule has 0 bridgehead atoms. The Balaban J connectivity index is 1.80. The fourth-order valence-corrected chi connectivity index (χ4v) is 4.43. The first-order valence-electron chi connectivity index (χ1n) is 9.13. The normalized spacial score (nSPS) is 15.0. The highest BCUT2D eigenvalue weighted by molar-refractivity contribution is 7.89. The molecule has 0 aliphatic carbocycles. The van der Waals surface area contributed by atoms with Gasteiger partial charge in [0.1, 0.15) is 10.6 Å². The van der Waals surface area contributed by atoms with Gasteiger partial charge in [0.25, 0.3) is 0 Å². The van der Waals surface area contributed by atoms with E-state index in [0.717, 1.165) is 37.2 Å². The van der Waals surface area contributed by atoms with Gasteiger partial charge < -0.3 is 9.64 Å². The van der Waals surface area contributed by atoms with Gasteiger partial charge in [-0.15, -0.1) is 0 Å². The number of nitrogens with one attached hydrogen (secondary N) is 1. The van der Waals surface area contributed by atoms with Crippen LogP contribution in [0.5, 0.6) is 5.75 Å². The summed E-state index contributed by atoms with van der Waals surface area (Å²) in [4.78, 5) is 11.4. The number of piperidine rings is 1. The van der Waals surface area contributed by atoms with Gasteiger partial charge in [-0.25, -0.2) is 23.1 Å². The number of anilines is 1. The molecule has 0 unspecified atom stereocenters. The average Bonchev–Trinajstić information content (AvgIpc) is 2.67. The van der Waals surface area contributed by atoms with Gasteiger partial charge in [0.15, 0.2) is 0 Å². The van der Waals surface area contributed by atoms with Crippen LogP contribution in [0.4, 0.5) is 5.95 Å². The summed E-state index contributed by atoms with van der Waals surface area (Å²) < 4.78 is 33.4. The van der Waals surface area contributed by atoms with E-state index in [1.54, 1.807) is 12.1 Å². The number of aromatic nitrogens is 2. The van der Waals surface area contributed by atoms with E-state index in [1.807, 2.05) is 26.0 Å². The van der Waals surface area contributed by atoms with Crippen molar-refractivity contribution in [2.24, 2.45) is 0 Å². The van der Waals surface area contributed by atoms with Crippen molar-refractivity contribution in [2.75, 3.05) is 25.1 Å². The minimum Gasteiger partial charge on any atom is -0.495 e. The van der Waals surface area contributed by atoms with Crippen LogP contribution in [0.25, 0.3) is 0 Å². The highest BCUT2D eigenvalue weighted by Crippen LogP contribution is 2.25. The molecule has 27 heavy (non-hydrogen) atoms. The third-order valence-corrected chi connectivity index (χ3v) is 6.01. The Labute approximate surface area is 160 Å². The monoisotopic (exact) mass is 390 g/mol. The molecule has 0 amide bonds. The van der Waals surface area contributed by atoms with E-state index in [-0.39, 0.29) is 11.4 Å². The van der Waals surface area contributed by atoms with Crippen molar-refractivity contribution in [2.45, 2.75) is 44.6 Å². The van der Waals surface area contributed by atoms with E-state index in [4.69, 9.17) is 4.74 Å². The van der Waals surface area contributed by atoms with Crippen LogP contribution in [0.2, 0.25) is 0 Å². The predicted octanol–water partition coefficient (Wildman–Crippen LogP) is 2.57. The Kier molecular flexibility index (Phi) is 5.96. The summed E-state index contributed by atoms with van der Waals surface area (Å²) in [5.74, 6) is 0.998. The van der Waals surface area contributed by atoms with E-state index in [1.165, 1.54) is 13.5 Å². The molecule has 0 radical (unpaired) electrons. The first-order chi connectivity index (χ1) is 12.9.